The molecular formula is C24H25FN2S. The van der Waals surface area contributed by atoms with Crippen LogP contribution in [0.2, 0.25) is 0 Å². The van der Waals surface area contributed by atoms with Gasteiger partial charge in [-0.3, -0.25) is 4.98 Å². The van der Waals surface area contributed by atoms with E-state index in [-0.39, 0.29) is 0 Å². The molecule has 0 atom stereocenters. The van der Waals surface area contributed by atoms with Crippen LogP contribution in [0.1, 0.15) is 57.4 Å². The van der Waals surface area contributed by atoms with Gasteiger partial charge in [0.05, 0.1) is 17.0 Å². The summed E-state index contributed by atoms with van der Waals surface area (Å²) < 4.78 is 14.2. The number of nitrogens with zero attached hydrogens (tertiary/aromatic N) is 2. The summed E-state index contributed by atoms with van der Waals surface area (Å²) in [6.45, 7) is 2.26. The third-order valence-electron chi connectivity index (χ3n) is 5.39. The Hall–Kier alpha value is -2.34. The Bertz CT molecular complexity index is 896. The molecule has 0 bridgehead atoms. The van der Waals surface area contributed by atoms with Crippen LogP contribution in [0.4, 0.5) is 10.1 Å². The number of rotatable bonds is 5. The molecule has 1 aromatic carbocycles. The van der Waals surface area contributed by atoms with Crippen LogP contribution in [0.25, 0.3) is 11.3 Å². The van der Waals surface area contributed by atoms with E-state index in [9.17, 15) is 4.39 Å². The van der Waals surface area contributed by atoms with E-state index in [1.807, 2.05) is 24.3 Å². The fourth-order valence-electron chi connectivity index (χ4n) is 3.74. The van der Waals surface area contributed by atoms with E-state index in [0.717, 1.165) is 17.0 Å². The van der Waals surface area contributed by atoms with Gasteiger partial charge in [0.2, 0.25) is 0 Å². The summed E-state index contributed by atoms with van der Waals surface area (Å²) in [5.74, 6) is 7.71. The highest BCUT2D eigenvalue weighted by Crippen LogP contribution is 2.31. The summed E-state index contributed by atoms with van der Waals surface area (Å²) in [4.78, 5) is 7.90. The molecule has 3 rings (SSSR count). The number of hydrogen-bond acceptors (Lipinski definition) is 3. The zero-order valence-corrected chi connectivity index (χ0v) is 17.1. The number of pyridine rings is 1. The average molecular weight is 393 g/mol. The summed E-state index contributed by atoms with van der Waals surface area (Å²) in [6, 6.07) is 8.89. The van der Waals surface area contributed by atoms with Crippen molar-refractivity contribution in [2.24, 2.45) is 16.8 Å². The molecule has 1 heterocycles. The molecule has 0 saturated heterocycles. The summed E-state index contributed by atoms with van der Waals surface area (Å²) in [5.41, 5.74) is 2.34. The van der Waals surface area contributed by atoms with Crippen molar-refractivity contribution in [2.75, 3.05) is 0 Å². The molecule has 144 valence electrons. The molecule has 1 aromatic heterocycles. The number of isothiocyanates is 1. The minimum absolute atomic E-state index is 0.299. The van der Waals surface area contributed by atoms with E-state index < -0.39 is 5.82 Å². The predicted molar refractivity (Wildman–Crippen MR) is 116 cm³/mol. The Morgan fingerprint density at radius 1 is 1.18 bits per heavy atom. The first kappa shape index (κ1) is 20.4. The van der Waals surface area contributed by atoms with Gasteiger partial charge in [-0.2, -0.15) is 4.99 Å². The van der Waals surface area contributed by atoms with E-state index in [1.54, 1.807) is 0 Å². The first-order valence-corrected chi connectivity index (χ1v) is 10.5. The van der Waals surface area contributed by atoms with Crippen molar-refractivity contribution in [3.05, 3.63) is 47.9 Å². The molecule has 2 aromatic rings. The zero-order valence-electron chi connectivity index (χ0n) is 16.2. The number of aromatic nitrogens is 1. The van der Waals surface area contributed by atoms with E-state index in [4.69, 9.17) is 0 Å². The fraction of sp³-hybridized carbons (Fsp3) is 0.417. The second-order valence-electron chi connectivity index (χ2n) is 7.43. The molecule has 1 aliphatic rings. The van der Waals surface area contributed by atoms with E-state index in [2.05, 4.69) is 46.1 Å². The van der Waals surface area contributed by atoms with Crippen LogP contribution in [-0.4, -0.2) is 10.1 Å². The molecule has 0 aliphatic heterocycles. The van der Waals surface area contributed by atoms with Crippen LogP contribution < -0.4 is 0 Å². The second kappa shape index (κ2) is 10.3. The van der Waals surface area contributed by atoms with Crippen LogP contribution in [-0.2, 0) is 0 Å². The van der Waals surface area contributed by atoms with E-state index in [1.165, 1.54) is 57.2 Å². The third kappa shape index (κ3) is 5.58. The molecule has 1 saturated carbocycles. The Morgan fingerprint density at radius 3 is 2.57 bits per heavy atom. The van der Waals surface area contributed by atoms with Crippen LogP contribution in [0.3, 0.4) is 0 Å². The van der Waals surface area contributed by atoms with Crippen LogP contribution in [0.15, 0.2) is 41.5 Å². The second-order valence-corrected chi connectivity index (χ2v) is 7.62. The monoisotopic (exact) mass is 392 g/mol. The summed E-state index contributed by atoms with van der Waals surface area (Å²) in [7, 11) is 0. The maximum absolute atomic E-state index is 14.2. The SMILES string of the molecule is CCCCC1CCC(C#Cc2ccc(-c3ncc(N=C=S)cc3F)cc2)CC1. The molecule has 0 radical (unpaired) electrons. The van der Waals surface area contributed by atoms with Gasteiger partial charge in [-0.05, 0) is 56.0 Å². The highest BCUT2D eigenvalue weighted by atomic mass is 32.1. The van der Waals surface area contributed by atoms with Gasteiger partial charge >= 0.3 is 0 Å². The summed E-state index contributed by atoms with van der Waals surface area (Å²) in [5, 5.41) is 2.22. The minimum atomic E-state index is -0.426. The Kier molecular flexibility index (Phi) is 7.48. The molecule has 0 amide bonds. The maximum atomic E-state index is 14.2. The fourth-order valence-corrected chi connectivity index (χ4v) is 3.84. The van der Waals surface area contributed by atoms with Gasteiger partial charge in [-0.25, -0.2) is 4.39 Å². The topological polar surface area (TPSA) is 25.2 Å². The lowest BCUT2D eigenvalue weighted by molar-refractivity contribution is 0.296. The first-order chi connectivity index (χ1) is 13.7. The number of unbranched alkanes of at least 4 members (excludes halogenated alkanes) is 1. The van der Waals surface area contributed by atoms with Crippen LogP contribution in [0.5, 0.6) is 0 Å². The van der Waals surface area contributed by atoms with Crippen molar-refractivity contribution < 1.29 is 4.39 Å². The van der Waals surface area contributed by atoms with Gasteiger partial charge in [-0.15, -0.1) is 0 Å². The highest BCUT2D eigenvalue weighted by molar-refractivity contribution is 7.78. The predicted octanol–water partition coefficient (Wildman–Crippen LogP) is 6.97. The number of aliphatic imine (C=N–C) groups is 1. The standard InChI is InChI=1S/C24H25FN2S/c1-2-3-4-18-5-7-19(8-6-18)9-10-20-11-13-21(14-12-20)24-23(25)15-22(16-26-24)27-17-28/h11-16,18-19H,2-8H2,1H3. The minimum Gasteiger partial charge on any atom is -0.251 e. The van der Waals surface area contributed by atoms with Crippen molar-refractivity contribution in [3.8, 4) is 23.1 Å². The Labute approximate surface area is 172 Å². The van der Waals surface area contributed by atoms with Gasteiger partial charge < -0.3 is 0 Å². The van der Waals surface area contributed by atoms with Crippen LogP contribution in [0, 0.1) is 29.5 Å². The molecule has 0 spiro atoms. The molecule has 28 heavy (non-hydrogen) atoms. The largest absolute Gasteiger partial charge is 0.251 e. The number of thiocarbonyl (C=S) groups is 1. The zero-order chi connectivity index (χ0) is 19.8. The Balaban J connectivity index is 1.62. The molecule has 1 aliphatic carbocycles. The van der Waals surface area contributed by atoms with Crippen molar-refractivity contribution >= 4 is 23.1 Å². The lowest BCUT2D eigenvalue weighted by atomic mass is 9.80. The summed E-state index contributed by atoms with van der Waals surface area (Å²) in [6.07, 6.45) is 10.6. The van der Waals surface area contributed by atoms with Crippen molar-refractivity contribution in [1.82, 2.24) is 4.98 Å². The molecule has 0 unspecified atom stereocenters. The van der Waals surface area contributed by atoms with Crippen LogP contribution >= 0.6 is 12.2 Å². The van der Waals surface area contributed by atoms with Gasteiger partial charge in [0.25, 0.3) is 0 Å². The normalized spacial score (nSPS) is 18.6. The number of benzene rings is 1. The molecular weight excluding hydrogens is 367 g/mol. The van der Waals surface area contributed by atoms with E-state index in [0.29, 0.717) is 17.3 Å². The third-order valence-corrected chi connectivity index (χ3v) is 5.48. The first-order valence-electron chi connectivity index (χ1n) is 10.0. The smallest absolute Gasteiger partial charge is 0.151 e. The molecule has 0 N–H and O–H groups in total. The highest BCUT2D eigenvalue weighted by Gasteiger charge is 2.19. The van der Waals surface area contributed by atoms with Crippen molar-refractivity contribution in [2.45, 2.75) is 51.9 Å². The number of halogens is 1. The lowest BCUT2D eigenvalue weighted by Gasteiger charge is -2.25. The van der Waals surface area contributed by atoms with Crippen molar-refractivity contribution in [3.63, 3.8) is 0 Å². The van der Waals surface area contributed by atoms with Gasteiger partial charge in [-0.1, -0.05) is 50.2 Å². The number of hydrogen-bond donors (Lipinski definition) is 0. The van der Waals surface area contributed by atoms with Crippen molar-refractivity contribution in [1.29, 1.82) is 0 Å². The Morgan fingerprint density at radius 2 is 1.93 bits per heavy atom. The van der Waals surface area contributed by atoms with E-state index >= 15 is 0 Å². The molecule has 1 fully saturated rings. The van der Waals surface area contributed by atoms with Gasteiger partial charge in [0.1, 0.15) is 5.69 Å². The quantitative estimate of drug-likeness (QED) is 0.312. The molecule has 2 nitrogen and oxygen atoms in total. The van der Waals surface area contributed by atoms with Gasteiger partial charge in [0, 0.05) is 23.1 Å². The summed E-state index contributed by atoms with van der Waals surface area (Å²) >= 11 is 4.53. The lowest BCUT2D eigenvalue weighted by Crippen LogP contribution is -2.13. The maximum Gasteiger partial charge on any atom is 0.151 e. The average Bonchev–Trinajstić information content (AvgIpc) is 2.72. The molecule has 4 heteroatoms. The van der Waals surface area contributed by atoms with Gasteiger partial charge in [0.15, 0.2) is 5.82 Å².